The highest BCUT2D eigenvalue weighted by Crippen LogP contribution is 2.64. The van der Waals surface area contributed by atoms with Crippen molar-refractivity contribution in [2.24, 2.45) is 0 Å². The van der Waals surface area contributed by atoms with Crippen molar-refractivity contribution in [1.29, 1.82) is 0 Å². The first-order valence-electron chi connectivity index (χ1n) is 9.43. The van der Waals surface area contributed by atoms with E-state index in [0.717, 1.165) is 0 Å². The van der Waals surface area contributed by atoms with Crippen molar-refractivity contribution in [1.82, 2.24) is 4.72 Å². The Balaban J connectivity index is 3.49. The Morgan fingerprint density at radius 2 is 0.927 bits per heavy atom. The van der Waals surface area contributed by atoms with E-state index >= 15 is 0 Å². The first-order chi connectivity index (χ1) is 17.8. The van der Waals surface area contributed by atoms with E-state index < -0.39 is 80.1 Å². The van der Waals surface area contributed by atoms with Gasteiger partial charge in [0.25, 0.3) is 10.0 Å². The van der Waals surface area contributed by atoms with Gasteiger partial charge in [-0.25, -0.2) is 13.1 Å². The molecule has 1 aromatic rings. The fourth-order valence-electron chi connectivity index (χ4n) is 2.48. The Labute approximate surface area is 214 Å². The van der Waals surface area contributed by atoms with Crippen LogP contribution in [0.25, 0.3) is 0 Å². The minimum Gasteiger partial charge on any atom is -0.321 e. The van der Waals surface area contributed by atoms with E-state index in [4.69, 9.17) is 0 Å². The molecule has 2 amide bonds. The van der Waals surface area contributed by atoms with E-state index in [9.17, 15) is 92.6 Å². The lowest BCUT2D eigenvalue weighted by atomic mass is 9.89. The summed E-state index contributed by atoms with van der Waals surface area (Å²) < 4.78 is 250. The number of halogens is 17. The van der Waals surface area contributed by atoms with Gasteiger partial charge in [0.1, 0.15) is 0 Å². The van der Waals surface area contributed by atoms with E-state index in [1.54, 1.807) is 0 Å². The monoisotopic (exact) mass is 660 g/mol. The second kappa shape index (κ2) is 10.0. The summed E-state index contributed by atoms with van der Waals surface area (Å²) in [5.74, 6) is -63.9. The van der Waals surface area contributed by atoms with E-state index in [-0.39, 0.29) is 12.1 Å². The molecule has 0 aliphatic carbocycles. The number of amides is 2. The van der Waals surface area contributed by atoms with Crippen LogP contribution in [0.5, 0.6) is 0 Å². The molecule has 0 aromatic heterocycles. The molecule has 0 aliphatic rings. The average Bonchev–Trinajstić information content (AvgIpc) is 2.76. The topological polar surface area (TPSA) is 92.3 Å². The maximum absolute atomic E-state index is 13.9. The zero-order valence-electron chi connectivity index (χ0n) is 18.8. The van der Waals surface area contributed by atoms with E-state index in [1.807, 2.05) is 0 Å². The van der Waals surface area contributed by atoms with Crippen molar-refractivity contribution in [3.05, 3.63) is 24.3 Å². The van der Waals surface area contributed by atoms with Crippen LogP contribution in [0.1, 0.15) is 6.92 Å². The standard InChI is InChI=1S/C17H9F17N2O4S/c1-6(37)36-41(39,40)8-4-2-7(3-5-8)35-9(38)10(18,19)11(20,21)12(22,23)13(24,25)14(26,27)15(28,29)16(30,31)17(32,33)34/h2-5H,1H3,(H,35,38)(H,36,37). The number of carbonyl (C=O) groups is 2. The fourth-order valence-corrected chi connectivity index (χ4v) is 3.47. The Morgan fingerprint density at radius 1 is 0.585 bits per heavy atom. The van der Waals surface area contributed by atoms with Crippen LogP contribution in [0, 0.1) is 0 Å². The molecule has 0 fully saturated rings. The third kappa shape index (κ3) is 5.45. The molecule has 24 heteroatoms. The summed E-state index contributed by atoms with van der Waals surface area (Å²) in [5, 5.41) is 0.611. The Hall–Kier alpha value is -3.08. The first kappa shape index (κ1) is 35.9. The maximum atomic E-state index is 13.9. The number of carbonyl (C=O) groups excluding carboxylic acids is 2. The van der Waals surface area contributed by atoms with Crippen molar-refractivity contribution in [3.8, 4) is 0 Å². The molecule has 0 aliphatic heterocycles. The average molecular weight is 660 g/mol. The van der Waals surface area contributed by atoms with Crippen LogP contribution >= 0.6 is 0 Å². The van der Waals surface area contributed by atoms with Crippen LogP contribution in [0.15, 0.2) is 29.2 Å². The smallest absolute Gasteiger partial charge is 0.321 e. The van der Waals surface area contributed by atoms with Gasteiger partial charge in [0.2, 0.25) is 5.91 Å². The number of hydrogen-bond donors (Lipinski definition) is 2. The van der Waals surface area contributed by atoms with Crippen molar-refractivity contribution in [2.45, 2.75) is 59.5 Å². The molecular formula is C17H9F17N2O4S. The van der Waals surface area contributed by atoms with Gasteiger partial charge in [0, 0.05) is 12.6 Å². The van der Waals surface area contributed by atoms with Crippen LogP contribution < -0.4 is 10.0 Å². The van der Waals surface area contributed by atoms with Crippen LogP contribution in [-0.2, 0) is 19.6 Å². The SMILES string of the molecule is CC(=O)NS(=O)(=O)c1ccc(NC(=O)C(F)(F)C(F)(F)C(F)(F)C(F)(F)C(F)(F)C(F)(F)C(F)(F)C(F)(F)F)cc1. The number of sulfonamides is 1. The van der Waals surface area contributed by atoms with Crippen molar-refractivity contribution < 1.29 is 92.6 Å². The number of rotatable bonds is 10. The maximum Gasteiger partial charge on any atom is 0.460 e. The van der Waals surface area contributed by atoms with E-state index in [2.05, 4.69) is 0 Å². The quantitative estimate of drug-likeness (QED) is 0.327. The molecule has 1 aromatic carbocycles. The number of alkyl halides is 17. The van der Waals surface area contributed by atoms with Gasteiger partial charge in [-0.05, 0) is 24.3 Å². The predicted molar refractivity (Wildman–Crippen MR) is 96.8 cm³/mol. The van der Waals surface area contributed by atoms with Crippen LogP contribution in [-0.4, -0.2) is 67.9 Å². The summed E-state index contributed by atoms with van der Waals surface area (Å²) in [5.41, 5.74) is -1.25. The predicted octanol–water partition coefficient (Wildman–Crippen LogP) is 5.46. The largest absolute Gasteiger partial charge is 0.460 e. The van der Waals surface area contributed by atoms with E-state index in [1.165, 1.54) is 4.72 Å². The second-order valence-electron chi connectivity index (χ2n) is 7.66. The van der Waals surface area contributed by atoms with Crippen LogP contribution in [0.2, 0.25) is 0 Å². The molecule has 0 saturated heterocycles. The molecule has 41 heavy (non-hydrogen) atoms. The first-order valence-corrected chi connectivity index (χ1v) is 10.9. The summed E-state index contributed by atoms with van der Waals surface area (Å²) in [6.07, 6.45) is -7.89. The molecule has 2 N–H and O–H groups in total. The van der Waals surface area contributed by atoms with Crippen molar-refractivity contribution >= 4 is 27.5 Å². The summed E-state index contributed by atoms with van der Waals surface area (Å²) in [6, 6.07) is 1.12. The molecule has 0 radical (unpaired) electrons. The zero-order chi connectivity index (χ0) is 33.1. The summed E-state index contributed by atoms with van der Waals surface area (Å²) in [4.78, 5) is 21.4. The normalized spacial score (nSPS) is 15.0. The van der Waals surface area contributed by atoms with Crippen LogP contribution in [0.4, 0.5) is 80.3 Å². The molecule has 0 atom stereocenters. The Kier molecular flexibility index (Phi) is 8.79. The molecule has 236 valence electrons. The molecule has 0 saturated carbocycles. The van der Waals surface area contributed by atoms with Gasteiger partial charge in [0.15, 0.2) is 0 Å². The number of benzene rings is 1. The molecule has 6 nitrogen and oxygen atoms in total. The second-order valence-corrected chi connectivity index (χ2v) is 9.34. The Morgan fingerprint density at radius 3 is 1.27 bits per heavy atom. The van der Waals surface area contributed by atoms with Gasteiger partial charge in [-0.3, -0.25) is 9.59 Å². The number of nitrogens with one attached hydrogen (secondary N) is 2. The third-order valence-electron chi connectivity index (χ3n) is 4.71. The van der Waals surface area contributed by atoms with Crippen LogP contribution in [0.3, 0.4) is 0 Å². The number of anilines is 1. The molecule has 0 unspecified atom stereocenters. The summed E-state index contributed by atoms with van der Waals surface area (Å²) in [6.45, 7) is 0.701. The molecular weight excluding hydrogens is 651 g/mol. The molecule has 1 rings (SSSR count). The highest BCUT2D eigenvalue weighted by atomic mass is 32.2. The van der Waals surface area contributed by atoms with Gasteiger partial charge >= 0.3 is 53.5 Å². The van der Waals surface area contributed by atoms with Gasteiger partial charge in [-0.15, -0.1) is 0 Å². The van der Waals surface area contributed by atoms with Gasteiger partial charge in [-0.2, -0.15) is 74.6 Å². The van der Waals surface area contributed by atoms with Crippen molar-refractivity contribution in [3.63, 3.8) is 0 Å². The zero-order valence-corrected chi connectivity index (χ0v) is 19.6. The molecule has 0 heterocycles. The highest BCUT2D eigenvalue weighted by Gasteiger charge is 2.95. The third-order valence-corrected chi connectivity index (χ3v) is 6.16. The lowest BCUT2D eigenvalue weighted by Gasteiger charge is -2.42. The van der Waals surface area contributed by atoms with Gasteiger partial charge in [0.05, 0.1) is 4.90 Å². The minimum absolute atomic E-state index is 0.224. The van der Waals surface area contributed by atoms with E-state index in [0.29, 0.717) is 24.4 Å². The van der Waals surface area contributed by atoms with Crippen molar-refractivity contribution in [2.75, 3.05) is 5.32 Å². The molecule has 0 spiro atoms. The summed E-state index contributed by atoms with van der Waals surface area (Å²) >= 11 is 0. The lowest BCUT2D eigenvalue weighted by Crippen LogP contribution is -2.75. The molecule has 0 bridgehead atoms. The van der Waals surface area contributed by atoms with Gasteiger partial charge < -0.3 is 5.32 Å². The minimum atomic E-state index is -8.84. The summed E-state index contributed by atoms with van der Waals surface area (Å²) in [7, 11) is -4.66. The Bertz CT molecular complexity index is 1270. The van der Waals surface area contributed by atoms with Gasteiger partial charge in [-0.1, -0.05) is 0 Å². The lowest BCUT2D eigenvalue weighted by molar-refractivity contribution is -0.459. The highest BCUT2D eigenvalue weighted by molar-refractivity contribution is 7.90. The fraction of sp³-hybridized carbons (Fsp3) is 0.529. The number of hydrogen-bond acceptors (Lipinski definition) is 4.